The van der Waals surface area contributed by atoms with Gasteiger partial charge in [-0.05, 0) is 25.6 Å². The van der Waals surface area contributed by atoms with Gasteiger partial charge in [-0.15, -0.1) is 0 Å². The van der Waals surface area contributed by atoms with E-state index in [0.29, 0.717) is 0 Å². The molecule has 0 amide bonds. The molecule has 0 spiro atoms. The average Bonchev–Trinajstić information content (AvgIpc) is 2.35. The van der Waals surface area contributed by atoms with Gasteiger partial charge in [0.15, 0.2) is 0 Å². The fraction of sp³-hybridized carbons (Fsp3) is 0.692. The molecular formula is C13H25NO4S. The van der Waals surface area contributed by atoms with E-state index in [2.05, 4.69) is 41.3 Å². The van der Waals surface area contributed by atoms with Crippen LogP contribution in [0.3, 0.4) is 0 Å². The van der Waals surface area contributed by atoms with Crippen LogP contribution in [0.15, 0.2) is 23.9 Å². The molecule has 112 valence electrons. The quantitative estimate of drug-likeness (QED) is 0.602. The van der Waals surface area contributed by atoms with Crippen molar-refractivity contribution in [3.05, 3.63) is 23.9 Å². The first-order chi connectivity index (χ1) is 8.89. The van der Waals surface area contributed by atoms with Crippen LogP contribution < -0.4 is 0 Å². The highest BCUT2D eigenvalue weighted by Gasteiger charge is 2.02. The van der Waals surface area contributed by atoms with Gasteiger partial charge in [-0.1, -0.05) is 37.8 Å². The van der Waals surface area contributed by atoms with Crippen molar-refractivity contribution in [3.63, 3.8) is 0 Å². The molecule has 0 saturated heterocycles. The minimum absolute atomic E-state index is 0.870. The van der Waals surface area contributed by atoms with Gasteiger partial charge in [0.2, 0.25) is 0 Å². The first kappa shape index (κ1) is 18.1. The van der Waals surface area contributed by atoms with Crippen LogP contribution in [0.4, 0.5) is 0 Å². The van der Waals surface area contributed by atoms with Crippen LogP contribution in [0, 0.1) is 0 Å². The van der Waals surface area contributed by atoms with Crippen LogP contribution in [-0.2, 0) is 14.6 Å². The molecular weight excluding hydrogens is 266 g/mol. The van der Waals surface area contributed by atoms with Crippen LogP contribution in [0.1, 0.15) is 39.5 Å². The van der Waals surface area contributed by atoms with Crippen molar-refractivity contribution >= 4 is 10.4 Å². The van der Waals surface area contributed by atoms with Gasteiger partial charge in [0.05, 0.1) is 7.11 Å². The van der Waals surface area contributed by atoms with Gasteiger partial charge in [0.1, 0.15) is 0 Å². The third kappa shape index (κ3) is 11.9. The van der Waals surface area contributed by atoms with Crippen molar-refractivity contribution in [1.29, 1.82) is 0 Å². The van der Waals surface area contributed by atoms with Crippen LogP contribution in [0.2, 0.25) is 0 Å². The first-order valence-electron chi connectivity index (χ1n) is 6.50. The Labute approximate surface area is 116 Å². The average molecular weight is 291 g/mol. The van der Waals surface area contributed by atoms with Crippen LogP contribution in [-0.4, -0.2) is 38.1 Å². The number of rotatable bonds is 6. The van der Waals surface area contributed by atoms with Gasteiger partial charge in [0.25, 0.3) is 0 Å². The van der Waals surface area contributed by atoms with Crippen molar-refractivity contribution in [1.82, 2.24) is 4.90 Å². The van der Waals surface area contributed by atoms with Gasteiger partial charge < -0.3 is 4.90 Å². The second-order valence-corrected chi connectivity index (χ2v) is 5.67. The molecule has 19 heavy (non-hydrogen) atoms. The number of allylic oxidation sites excluding steroid dienone is 2. The van der Waals surface area contributed by atoms with Crippen LogP contribution >= 0.6 is 0 Å². The van der Waals surface area contributed by atoms with Crippen molar-refractivity contribution in [2.24, 2.45) is 0 Å². The molecule has 0 aliphatic carbocycles. The molecule has 1 rings (SSSR count). The van der Waals surface area contributed by atoms with Crippen molar-refractivity contribution < 1.29 is 17.2 Å². The highest BCUT2D eigenvalue weighted by atomic mass is 32.3. The Balaban J connectivity index is 0.000000459. The summed E-state index contributed by atoms with van der Waals surface area (Å²) < 4.78 is 29.7. The summed E-state index contributed by atoms with van der Waals surface area (Å²) in [7, 11) is -3.29. The minimum atomic E-state index is -4.16. The standard InChI is InChI=1S/C12H21N.CH4O4S/c1-3-4-5-6-9-13-10-7-8-12(2)11-13;1-5-6(2,3)4/h7-8,10H,3-6,9,11H2,1-2H3;1H3,(H,2,3,4). The van der Waals surface area contributed by atoms with E-state index in [9.17, 15) is 8.42 Å². The maximum absolute atomic E-state index is 9.33. The second-order valence-electron chi connectivity index (χ2n) is 4.48. The summed E-state index contributed by atoms with van der Waals surface area (Å²) in [5.74, 6) is 0. The van der Waals surface area contributed by atoms with Gasteiger partial charge >= 0.3 is 10.4 Å². The van der Waals surface area contributed by atoms with E-state index in [1.54, 1.807) is 0 Å². The van der Waals surface area contributed by atoms with Gasteiger partial charge in [0, 0.05) is 13.1 Å². The van der Waals surface area contributed by atoms with E-state index in [0.717, 1.165) is 13.7 Å². The Kier molecular flexibility index (Phi) is 9.55. The second kappa shape index (κ2) is 10.00. The molecule has 1 aliphatic rings. The number of unbranched alkanes of at least 4 members (excludes halogenated alkanes) is 3. The van der Waals surface area contributed by atoms with E-state index in [1.165, 1.54) is 37.8 Å². The zero-order chi connectivity index (χ0) is 14.7. The van der Waals surface area contributed by atoms with Crippen LogP contribution in [0.5, 0.6) is 0 Å². The summed E-state index contributed by atoms with van der Waals surface area (Å²) in [6.07, 6.45) is 12.0. The largest absolute Gasteiger partial charge is 0.397 e. The smallest absolute Gasteiger partial charge is 0.373 e. The predicted molar refractivity (Wildman–Crippen MR) is 77.2 cm³/mol. The molecule has 0 atom stereocenters. The normalized spacial score (nSPS) is 14.7. The minimum Gasteiger partial charge on any atom is -0.373 e. The fourth-order valence-electron chi connectivity index (χ4n) is 1.65. The molecule has 0 saturated carbocycles. The third-order valence-corrected chi connectivity index (χ3v) is 3.06. The van der Waals surface area contributed by atoms with Crippen molar-refractivity contribution in [2.75, 3.05) is 20.2 Å². The monoisotopic (exact) mass is 291 g/mol. The lowest BCUT2D eigenvalue weighted by Crippen LogP contribution is -2.22. The Morgan fingerprint density at radius 3 is 2.47 bits per heavy atom. The van der Waals surface area contributed by atoms with Crippen LogP contribution in [0.25, 0.3) is 0 Å². The number of hydrogen-bond donors (Lipinski definition) is 1. The molecule has 0 aromatic heterocycles. The molecule has 0 aromatic rings. The van der Waals surface area contributed by atoms with E-state index in [1.807, 2.05) is 0 Å². The Bertz CT molecular complexity index is 387. The molecule has 1 heterocycles. The van der Waals surface area contributed by atoms with Gasteiger partial charge in [-0.25, -0.2) is 0 Å². The molecule has 0 fully saturated rings. The fourth-order valence-corrected chi connectivity index (χ4v) is 1.65. The van der Waals surface area contributed by atoms with Gasteiger partial charge in [-0.3, -0.25) is 8.74 Å². The lowest BCUT2D eigenvalue weighted by Gasteiger charge is -2.23. The Hall–Kier alpha value is -0.850. The summed E-state index contributed by atoms with van der Waals surface area (Å²) in [5.41, 5.74) is 1.47. The summed E-state index contributed by atoms with van der Waals surface area (Å²) in [6, 6.07) is 0. The summed E-state index contributed by atoms with van der Waals surface area (Å²) in [6.45, 7) is 6.81. The molecule has 0 radical (unpaired) electrons. The first-order valence-corrected chi connectivity index (χ1v) is 7.86. The molecule has 0 aromatic carbocycles. The van der Waals surface area contributed by atoms with E-state index in [-0.39, 0.29) is 0 Å². The third-order valence-electron chi connectivity index (χ3n) is 2.64. The van der Waals surface area contributed by atoms with Crippen molar-refractivity contribution in [3.8, 4) is 0 Å². The lowest BCUT2D eigenvalue weighted by atomic mass is 10.1. The molecule has 1 N–H and O–H groups in total. The lowest BCUT2D eigenvalue weighted by molar-refractivity contribution is 0.324. The molecule has 0 unspecified atom stereocenters. The molecule has 5 nitrogen and oxygen atoms in total. The van der Waals surface area contributed by atoms with E-state index < -0.39 is 10.4 Å². The zero-order valence-electron chi connectivity index (χ0n) is 12.0. The van der Waals surface area contributed by atoms with E-state index in [4.69, 9.17) is 4.55 Å². The molecule has 0 bridgehead atoms. The molecule has 6 heteroatoms. The van der Waals surface area contributed by atoms with Crippen molar-refractivity contribution in [2.45, 2.75) is 39.5 Å². The SMILES string of the molecule is CCCCCCN1C=CC=C(C)C1.COS(=O)(=O)O. The highest BCUT2D eigenvalue weighted by molar-refractivity contribution is 7.80. The maximum atomic E-state index is 9.33. The Morgan fingerprint density at radius 2 is 2.00 bits per heavy atom. The number of hydrogen-bond acceptors (Lipinski definition) is 4. The van der Waals surface area contributed by atoms with Gasteiger partial charge in [-0.2, -0.15) is 8.42 Å². The predicted octanol–water partition coefficient (Wildman–Crippen LogP) is 2.78. The number of nitrogens with zero attached hydrogens (tertiary/aromatic N) is 1. The topological polar surface area (TPSA) is 66.8 Å². The van der Waals surface area contributed by atoms with E-state index >= 15 is 0 Å². The Morgan fingerprint density at radius 1 is 1.37 bits per heavy atom. The maximum Gasteiger partial charge on any atom is 0.397 e. The summed E-state index contributed by atoms with van der Waals surface area (Å²) in [5, 5.41) is 0. The highest BCUT2D eigenvalue weighted by Crippen LogP contribution is 2.08. The zero-order valence-corrected chi connectivity index (χ0v) is 12.8. The molecule has 1 aliphatic heterocycles. The summed E-state index contributed by atoms with van der Waals surface area (Å²) >= 11 is 0. The summed E-state index contributed by atoms with van der Waals surface area (Å²) in [4.78, 5) is 2.41.